The lowest BCUT2D eigenvalue weighted by atomic mass is 10.2. The first-order chi connectivity index (χ1) is 6.49. The van der Waals surface area contributed by atoms with Crippen molar-refractivity contribution in [1.82, 2.24) is 4.90 Å². The molecule has 0 spiro atoms. The van der Waals surface area contributed by atoms with E-state index in [1.165, 1.54) is 0 Å². The second-order valence-corrected chi connectivity index (χ2v) is 3.98. The van der Waals surface area contributed by atoms with Crippen LogP contribution in [0.3, 0.4) is 0 Å². The normalized spacial score (nSPS) is 12.0. The average molecular weight is 198 g/mol. The molecular formula is C11H22N2O. The van der Waals surface area contributed by atoms with Crippen molar-refractivity contribution in [2.45, 2.75) is 40.5 Å². The maximum atomic E-state index is 11.1. The molecular weight excluding hydrogens is 176 g/mol. The van der Waals surface area contributed by atoms with E-state index in [1.807, 2.05) is 0 Å². The zero-order valence-corrected chi connectivity index (χ0v) is 10.0. The average Bonchev–Trinajstić information content (AvgIpc) is 2.10. The van der Waals surface area contributed by atoms with Gasteiger partial charge in [0.05, 0.1) is 0 Å². The minimum atomic E-state index is 0.0564. The standard InChI is InChI=1S/C11H22N2O/c1-6-7-11(12-8-9(2)3)13(5)10(4)14/h9H,6-8H2,1-5H3/b12-11-. The highest BCUT2D eigenvalue weighted by atomic mass is 16.2. The van der Waals surface area contributed by atoms with E-state index >= 15 is 0 Å². The fourth-order valence-electron chi connectivity index (χ4n) is 1.05. The first-order valence-corrected chi connectivity index (χ1v) is 5.26. The van der Waals surface area contributed by atoms with Gasteiger partial charge in [-0.05, 0) is 12.3 Å². The molecule has 0 rings (SSSR count). The van der Waals surface area contributed by atoms with Crippen LogP contribution in [0.1, 0.15) is 40.5 Å². The van der Waals surface area contributed by atoms with Crippen LogP contribution < -0.4 is 0 Å². The zero-order valence-electron chi connectivity index (χ0n) is 10.0. The van der Waals surface area contributed by atoms with E-state index < -0.39 is 0 Å². The highest BCUT2D eigenvalue weighted by molar-refractivity contribution is 5.96. The Hall–Kier alpha value is -0.860. The van der Waals surface area contributed by atoms with Crippen molar-refractivity contribution in [3.63, 3.8) is 0 Å². The van der Waals surface area contributed by atoms with Crippen molar-refractivity contribution in [3.8, 4) is 0 Å². The number of aliphatic imine (C=N–C) groups is 1. The summed E-state index contributed by atoms with van der Waals surface area (Å²) >= 11 is 0. The Morgan fingerprint density at radius 3 is 2.36 bits per heavy atom. The summed E-state index contributed by atoms with van der Waals surface area (Å²) in [6.07, 6.45) is 1.90. The molecule has 0 unspecified atom stereocenters. The van der Waals surface area contributed by atoms with Gasteiger partial charge in [0.25, 0.3) is 0 Å². The third kappa shape index (κ3) is 5.00. The Morgan fingerprint density at radius 2 is 2.00 bits per heavy atom. The van der Waals surface area contributed by atoms with Crippen LogP contribution >= 0.6 is 0 Å². The summed E-state index contributed by atoms with van der Waals surface area (Å²) in [6.45, 7) is 8.72. The first kappa shape index (κ1) is 13.1. The van der Waals surface area contributed by atoms with Crippen LogP contribution in [0.4, 0.5) is 0 Å². The molecule has 0 N–H and O–H groups in total. The molecule has 3 nitrogen and oxygen atoms in total. The topological polar surface area (TPSA) is 32.7 Å². The fraction of sp³-hybridized carbons (Fsp3) is 0.818. The van der Waals surface area contributed by atoms with Gasteiger partial charge < -0.3 is 4.90 Å². The van der Waals surface area contributed by atoms with Gasteiger partial charge in [-0.25, -0.2) is 0 Å². The summed E-state index contributed by atoms with van der Waals surface area (Å²) in [7, 11) is 1.79. The highest BCUT2D eigenvalue weighted by Gasteiger charge is 2.09. The second kappa shape index (κ2) is 6.57. The summed E-state index contributed by atoms with van der Waals surface area (Å²) < 4.78 is 0. The van der Waals surface area contributed by atoms with Crippen molar-refractivity contribution in [2.24, 2.45) is 10.9 Å². The van der Waals surface area contributed by atoms with Gasteiger partial charge in [-0.3, -0.25) is 9.79 Å². The zero-order chi connectivity index (χ0) is 11.1. The molecule has 0 aromatic carbocycles. The van der Waals surface area contributed by atoms with Crippen molar-refractivity contribution >= 4 is 11.7 Å². The molecule has 0 aliphatic carbocycles. The fourth-order valence-corrected chi connectivity index (χ4v) is 1.05. The predicted octanol–water partition coefficient (Wildman–Crippen LogP) is 2.32. The number of hydrogen-bond donors (Lipinski definition) is 0. The molecule has 0 heterocycles. The maximum Gasteiger partial charge on any atom is 0.224 e. The van der Waals surface area contributed by atoms with E-state index in [0.717, 1.165) is 25.2 Å². The van der Waals surface area contributed by atoms with Crippen molar-refractivity contribution in [1.29, 1.82) is 0 Å². The van der Waals surface area contributed by atoms with E-state index in [1.54, 1.807) is 18.9 Å². The van der Waals surface area contributed by atoms with Crippen molar-refractivity contribution in [2.75, 3.05) is 13.6 Å². The number of amides is 1. The van der Waals surface area contributed by atoms with E-state index in [4.69, 9.17) is 0 Å². The summed E-state index contributed by atoms with van der Waals surface area (Å²) in [5.41, 5.74) is 0. The van der Waals surface area contributed by atoms with Gasteiger partial charge >= 0.3 is 0 Å². The van der Waals surface area contributed by atoms with Crippen LogP contribution in [0.15, 0.2) is 4.99 Å². The molecule has 1 amide bonds. The van der Waals surface area contributed by atoms with Crippen LogP contribution in [0.2, 0.25) is 0 Å². The third-order valence-corrected chi connectivity index (χ3v) is 1.97. The van der Waals surface area contributed by atoms with Crippen LogP contribution in [0.25, 0.3) is 0 Å². The lowest BCUT2D eigenvalue weighted by Crippen LogP contribution is -2.31. The minimum absolute atomic E-state index is 0.0564. The molecule has 0 aliphatic heterocycles. The summed E-state index contributed by atoms with van der Waals surface area (Å²) in [5, 5.41) is 0. The van der Waals surface area contributed by atoms with Gasteiger partial charge in [0.1, 0.15) is 5.84 Å². The smallest absolute Gasteiger partial charge is 0.224 e. The Balaban J connectivity index is 4.41. The van der Waals surface area contributed by atoms with Gasteiger partial charge in [0.2, 0.25) is 5.91 Å². The molecule has 0 atom stereocenters. The Bertz CT molecular complexity index is 209. The number of carbonyl (C=O) groups is 1. The van der Waals surface area contributed by atoms with E-state index in [-0.39, 0.29) is 5.91 Å². The summed E-state index contributed by atoms with van der Waals surface area (Å²) in [5.74, 6) is 1.51. The number of carbonyl (C=O) groups excluding carboxylic acids is 1. The second-order valence-electron chi connectivity index (χ2n) is 3.98. The Morgan fingerprint density at radius 1 is 1.43 bits per heavy atom. The lowest BCUT2D eigenvalue weighted by Gasteiger charge is -2.17. The van der Waals surface area contributed by atoms with Crippen molar-refractivity contribution < 1.29 is 4.79 Å². The number of nitrogens with zero attached hydrogens (tertiary/aromatic N) is 2. The van der Waals surface area contributed by atoms with E-state index in [0.29, 0.717) is 5.92 Å². The van der Waals surface area contributed by atoms with Gasteiger partial charge in [-0.1, -0.05) is 20.8 Å². The number of rotatable bonds is 4. The molecule has 3 heteroatoms. The molecule has 14 heavy (non-hydrogen) atoms. The largest absolute Gasteiger partial charge is 0.304 e. The SMILES string of the molecule is CCC/C(=N/CC(C)C)N(C)C(C)=O. The van der Waals surface area contributed by atoms with E-state index in [2.05, 4.69) is 25.8 Å². The quantitative estimate of drug-likeness (QED) is 0.504. The van der Waals surface area contributed by atoms with Crippen LogP contribution in [-0.4, -0.2) is 30.2 Å². The van der Waals surface area contributed by atoms with E-state index in [9.17, 15) is 4.79 Å². The van der Waals surface area contributed by atoms with Crippen LogP contribution in [-0.2, 0) is 4.79 Å². The predicted molar refractivity (Wildman–Crippen MR) is 60.5 cm³/mol. The summed E-state index contributed by atoms with van der Waals surface area (Å²) in [6, 6.07) is 0. The molecule has 0 saturated heterocycles. The van der Waals surface area contributed by atoms with Crippen molar-refractivity contribution in [3.05, 3.63) is 0 Å². The Labute approximate surface area is 87.2 Å². The van der Waals surface area contributed by atoms with Crippen LogP contribution in [0.5, 0.6) is 0 Å². The highest BCUT2D eigenvalue weighted by Crippen LogP contribution is 2.01. The monoisotopic (exact) mass is 198 g/mol. The van der Waals surface area contributed by atoms with Gasteiger partial charge in [0, 0.05) is 26.9 Å². The van der Waals surface area contributed by atoms with Gasteiger partial charge in [-0.15, -0.1) is 0 Å². The van der Waals surface area contributed by atoms with Gasteiger partial charge in [0.15, 0.2) is 0 Å². The molecule has 0 radical (unpaired) electrons. The number of hydrogen-bond acceptors (Lipinski definition) is 2. The molecule has 0 aromatic rings. The molecule has 0 bridgehead atoms. The molecule has 0 aromatic heterocycles. The first-order valence-electron chi connectivity index (χ1n) is 5.26. The molecule has 82 valence electrons. The maximum absolute atomic E-state index is 11.1. The summed E-state index contributed by atoms with van der Waals surface area (Å²) in [4.78, 5) is 17.3. The minimum Gasteiger partial charge on any atom is -0.304 e. The lowest BCUT2D eigenvalue weighted by molar-refractivity contribution is -0.124. The van der Waals surface area contributed by atoms with Crippen LogP contribution in [0, 0.1) is 5.92 Å². The molecule has 0 fully saturated rings. The third-order valence-electron chi connectivity index (χ3n) is 1.97. The molecule has 0 saturated carbocycles. The molecule has 0 aliphatic rings. The van der Waals surface area contributed by atoms with Gasteiger partial charge in [-0.2, -0.15) is 0 Å². The Kier molecular flexibility index (Phi) is 6.17. The number of amidine groups is 1.